The minimum Gasteiger partial charge on any atom is -0.450 e. The van der Waals surface area contributed by atoms with Gasteiger partial charge in [-0.2, -0.15) is 4.31 Å². The first-order valence-electron chi connectivity index (χ1n) is 10.6. The summed E-state index contributed by atoms with van der Waals surface area (Å²) in [6.07, 6.45) is 1.000. The average molecular weight is 460 g/mol. The van der Waals surface area contributed by atoms with E-state index in [2.05, 4.69) is 5.32 Å². The van der Waals surface area contributed by atoms with Gasteiger partial charge in [0, 0.05) is 32.4 Å². The molecule has 0 radical (unpaired) electrons. The van der Waals surface area contributed by atoms with Gasteiger partial charge in [-0.15, -0.1) is 0 Å². The van der Waals surface area contributed by atoms with E-state index in [4.69, 9.17) is 4.74 Å². The van der Waals surface area contributed by atoms with Gasteiger partial charge in [0.15, 0.2) is 0 Å². The van der Waals surface area contributed by atoms with E-state index in [0.29, 0.717) is 31.8 Å². The van der Waals surface area contributed by atoms with E-state index < -0.39 is 16.1 Å². The van der Waals surface area contributed by atoms with E-state index in [1.54, 1.807) is 24.0 Å². The summed E-state index contributed by atoms with van der Waals surface area (Å²) in [7, 11) is -2.12. The lowest BCUT2D eigenvalue weighted by Gasteiger charge is -2.31. The second-order valence-electron chi connectivity index (χ2n) is 7.74. The van der Waals surface area contributed by atoms with Crippen molar-refractivity contribution in [1.29, 1.82) is 0 Å². The fraction of sp³-hybridized carbons (Fsp3) is 0.391. The number of carbonyl (C=O) groups excluding carboxylic acids is 2. The maximum Gasteiger partial charge on any atom is 0.409 e. The molecule has 172 valence electrons. The predicted molar refractivity (Wildman–Crippen MR) is 121 cm³/mol. The number of ether oxygens (including phenoxy) is 1. The van der Waals surface area contributed by atoms with Crippen LogP contribution in [0.1, 0.15) is 25.3 Å². The van der Waals surface area contributed by atoms with Crippen molar-refractivity contribution in [3.63, 3.8) is 0 Å². The van der Waals surface area contributed by atoms with Crippen molar-refractivity contribution in [1.82, 2.24) is 9.21 Å². The number of sulfonamides is 1. The van der Waals surface area contributed by atoms with Crippen LogP contribution in [-0.4, -0.2) is 56.4 Å². The molecular formula is C23H29N3O5S. The zero-order valence-corrected chi connectivity index (χ0v) is 19.2. The van der Waals surface area contributed by atoms with Crippen molar-refractivity contribution in [2.45, 2.75) is 31.2 Å². The Kier molecular flexibility index (Phi) is 7.87. The van der Waals surface area contributed by atoms with Crippen molar-refractivity contribution >= 4 is 27.7 Å². The normalized spacial score (nSPS) is 16.6. The maximum absolute atomic E-state index is 12.9. The molecule has 1 aliphatic heterocycles. The summed E-state index contributed by atoms with van der Waals surface area (Å²) in [6.45, 7) is 3.19. The molecule has 1 fully saturated rings. The zero-order chi connectivity index (χ0) is 23.1. The van der Waals surface area contributed by atoms with Crippen LogP contribution in [0.2, 0.25) is 0 Å². The highest BCUT2D eigenvalue weighted by molar-refractivity contribution is 7.89. The predicted octanol–water partition coefficient (Wildman–Crippen LogP) is 3.31. The van der Waals surface area contributed by atoms with Crippen LogP contribution < -0.4 is 5.32 Å². The molecule has 1 heterocycles. The van der Waals surface area contributed by atoms with Crippen LogP contribution in [0.4, 0.5) is 10.5 Å². The first-order chi connectivity index (χ1) is 15.3. The van der Waals surface area contributed by atoms with Crippen molar-refractivity contribution in [2.75, 3.05) is 32.1 Å². The van der Waals surface area contributed by atoms with Crippen LogP contribution >= 0.6 is 0 Å². The van der Waals surface area contributed by atoms with E-state index in [1.807, 2.05) is 30.3 Å². The van der Waals surface area contributed by atoms with E-state index in [0.717, 1.165) is 12.0 Å². The molecule has 2 amide bonds. The van der Waals surface area contributed by atoms with Crippen LogP contribution in [-0.2, 0) is 26.1 Å². The maximum atomic E-state index is 12.9. The van der Waals surface area contributed by atoms with Gasteiger partial charge in [0.25, 0.3) is 0 Å². The van der Waals surface area contributed by atoms with E-state index >= 15 is 0 Å². The first kappa shape index (κ1) is 23.7. The van der Waals surface area contributed by atoms with E-state index in [1.165, 1.54) is 23.5 Å². The minimum absolute atomic E-state index is 0.153. The molecule has 8 nitrogen and oxygen atoms in total. The Hall–Kier alpha value is -2.91. The first-order valence-corrected chi connectivity index (χ1v) is 12.1. The van der Waals surface area contributed by atoms with Crippen LogP contribution in [0.5, 0.6) is 0 Å². The number of piperidine rings is 1. The van der Waals surface area contributed by atoms with Crippen LogP contribution in [0, 0.1) is 5.92 Å². The average Bonchev–Trinajstić information content (AvgIpc) is 2.80. The van der Waals surface area contributed by atoms with Crippen LogP contribution in [0.15, 0.2) is 59.5 Å². The number of likely N-dealkylation sites (tertiary alicyclic amines) is 1. The molecule has 1 saturated heterocycles. The molecule has 0 saturated carbocycles. The number of hydrogen-bond acceptors (Lipinski definition) is 5. The standard InChI is InChI=1S/C23H29N3O5S/c1-3-31-23(28)26-15-7-10-19(17-26)22(27)24-20-11-13-21(14-12-20)32(29,30)25(2)16-18-8-5-4-6-9-18/h4-6,8-9,11-14,19H,3,7,10,15-17H2,1-2H3,(H,24,27)/t19-/m1/s1. The van der Waals surface area contributed by atoms with Crippen LogP contribution in [0.25, 0.3) is 0 Å². The largest absolute Gasteiger partial charge is 0.450 e. The lowest BCUT2D eigenvalue weighted by atomic mass is 9.97. The molecule has 0 aromatic heterocycles. The Morgan fingerprint density at radius 1 is 1.12 bits per heavy atom. The molecule has 0 bridgehead atoms. The number of nitrogens with one attached hydrogen (secondary N) is 1. The lowest BCUT2D eigenvalue weighted by molar-refractivity contribution is -0.121. The lowest BCUT2D eigenvalue weighted by Crippen LogP contribution is -2.44. The summed E-state index contributed by atoms with van der Waals surface area (Å²) in [6, 6.07) is 15.5. The summed E-state index contributed by atoms with van der Waals surface area (Å²) < 4.78 is 32.0. The second kappa shape index (κ2) is 10.6. The van der Waals surface area contributed by atoms with Gasteiger partial charge < -0.3 is 15.0 Å². The topological polar surface area (TPSA) is 96.0 Å². The monoisotopic (exact) mass is 459 g/mol. The number of amides is 2. The summed E-state index contributed by atoms with van der Waals surface area (Å²) >= 11 is 0. The minimum atomic E-state index is -3.66. The van der Waals surface area contributed by atoms with E-state index in [-0.39, 0.29) is 23.3 Å². The third kappa shape index (κ3) is 5.86. The van der Waals surface area contributed by atoms with E-state index in [9.17, 15) is 18.0 Å². The van der Waals surface area contributed by atoms with Crippen LogP contribution in [0.3, 0.4) is 0 Å². The number of nitrogens with zero attached hydrogens (tertiary/aromatic N) is 2. The molecular weight excluding hydrogens is 430 g/mol. The smallest absolute Gasteiger partial charge is 0.409 e. The summed E-state index contributed by atoms with van der Waals surface area (Å²) in [4.78, 5) is 26.3. The Bertz CT molecular complexity index is 1030. The quantitative estimate of drug-likeness (QED) is 0.685. The summed E-state index contributed by atoms with van der Waals surface area (Å²) in [5.41, 5.74) is 1.40. The molecule has 32 heavy (non-hydrogen) atoms. The Balaban J connectivity index is 1.61. The van der Waals surface area contributed by atoms with Gasteiger partial charge >= 0.3 is 6.09 Å². The number of benzene rings is 2. The molecule has 1 N–H and O–H groups in total. The van der Waals surface area contributed by atoms with Gasteiger partial charge in [-0.1, -0.05) is 30.3 Å². The van der Waals surface area contributed by atoms with Gasteiger partial charge in [-0.3, -0.25) is 4.79 Å². The van der Waals surface area contributed by atoms with Crippen molar-refractivity contribution < 1.29 is 22.7 Å². The summed E-state index contributed by atoms with van der Waals surface area (Å²) in [5.74, 6) is -0.538. The van der Waals surface area contributed by atoms with Gasteiger partial charge in [-0.25, -0.2) is 13.2 Å². The zero-order valence-electron chi connectivity index (χ0n) is 18.4. The third-order valence-corrected chi connectivity index (χ3v) is 7.21. The molecule has 0 spiro atoms. The fourth-order valence-corrected chi connectivity index (χ4v) is 4.79. The van der Waals surface area contributed by atoms with Gasteiger partial charge in [0.2, 0.25) is 15.9 Å². The number of rotatable bonds is 7. The second-order valence-corrected chi connectivity index (χ2v) is 9.79. The molecule has 9 heteroatoms. The SMILES string of the molecule is CCOC(=O)N1CCC[C@@H](C(=O)Nc2ccc(S(=O)(=O)N(C)Cc3ccccc3)cc2)C1. The Labute approximate surface area is 189 Å². The molecule has 1 aliphatic rings. The highest BCUT2D eigenvalue weighted by atomic mass is 32.2. The van der Waals surface area contributed by atoms with Gasteiger partial charge in [-0.05, 0) is 49.6 Å². The third-order valence-electron chi connectivity index (χ3n) is 5.40. The number of hydrogen-bond donors (Lipinski definition) is 1. The molecule has 0 aliphatic carbocycles. The van der Waals surface area contributed by atoms with Gasteiger partial charge in [0.1, 0.15) is 0 Å². The van der Waals surface area contributed by atoms with Gasteiger partial charge in [0.05, 0.1) is 17.4 Å². The number of anilines is 1. The highest BCUT2D eigenvalue weighted by Crippen LogP contribution is 2.22. The molecule has 0 unspecified atom stereocenters. The Morgan fingerprint density at radius 3 is 2.47 bits per heavy atom. The molecule has 2 aromatic carbocycles. The van der Waals surface area contributed by atoms with Crippen molar-refractivity contribution in [3.8, 4) is 0 Å². The summed E-state index contributed by atoms with van der Waals surface area (Å²) in [5, 5.41) is 2.82. The molecule has 2 aromatic rings. The Morgan fingerprint density at radius 2 is 1.81 bits per heavy atom. The van der Waals surface area contributed by atoms with Crippen molar-refractivity contribution in [3.05, 3.63) is 60.2 Å². The number of carbonyl (C=O) groups is 2. The molecule has 3 rings (SSSR count). The fourth-order valence-electron chi connectivity index (χ4n) is 3.63. The molecule has 1 atom stereocenters. The highest BCUT2D eigenvalue weighted by Gasteiger charge is 2.29. The van der Waals surface area contributed by atoms with Crippen molar-refractivity contribution in [2.24, 2.45) is 5.92 Å².